The SMILES string of the molecule is CC(C)[C@H](N)C(=O)NCC(=O)N[C@@H](Cc1c[nH]c2ccccc12)C(=O)O. The maximum atomic E-state index is 12.0. The van der Waals surface area contributed by atoms with Crippen molar-refractivity contribution in [1.29, 1.82) is 0 Å². The summed E-state index contributed by atoms with van der Waals surface area (Å²) in [5.41, 5.74) is 7.38. The summed E-state index contributed by atoms with van der Waals surface area (Å²) in [7, 11) is 0. The maximum Gasteiger partial charge on any atom is 0.326 e. The summed E-state index contributed by atoms with van der Waals surface area (Å²) < 4.78 is 0. The molecule has 2 atom stereocenters. The van der Waals surface area contributed by atoms with Crippen LogP contribution in [0.4, 0.5) is 0 Å². The van der Waals surface area contributed by atoms with Crippen LogP contribution in [0.3, 0.4) is 0 Å². The van der Waals surface area contributed by atoms with E-state index in [1.54, 1.807) is 20.0 Å². The first-order chi connectivity index (χ1) is 12.3. The fraction of sp³-hybridized carbons (Fsp3) is 0.389. The number of carboxylic acids is 1. The molecule has 1 aromatic heterocycles. The second-order valence-corrected chi connectivity index (χ2v) is 6.51. The van der Waals surface area contributed by atoms with E-state index in [2.05, 4.69) is 15.6 Å². The molecule has 2 amide bonds. The number of carboxylic acid groups (broad SMARTS) is 1. The number of carbonyl (C=O) groups is 3. The minimum absolute atomic E-state index is 0.0632. The van der Waals surface area contributed by atoms with Crippen LogP contribution in [-0.2, 0) is 20.8 Å². The zero-order valence-corrected chi connectivity index (χ0v) is 14.8. The number of H-pyrrole nitrogens is 1. The number of fused-ring (bicyclic) bond motifs is 1. The predicted molar refractivity (Wildman–Crippen MR) is 97.4 cm³/mol. The van der Waals surface area contributed by atoms with Gasteiger partial charge in [0.2, 0.25) is 11.8 Å². The Kier molecular flexibility index (Phi) is 6.35. The molecule has 1 heterocycles. The molecule has 2 aromatic rings. The first-order valence-electron chi connectivity index (χ1n) is 8.40. The number of hydrogen-bond donors (Lipinski definition) is 5. The molecule has 8 nitrogen and oxygen atoms in total. The minimum atomic E-state index is -1.14. The molecule has 0 fully saturated rings. The van der Waals surface area contributed by atoms with Crippen molar-refractivity contribution in [2.24, 2.45) is 11.7 Å². The Balaban J connectivity index is 1.96. The number of benzene rings is 1. The van der Waals surface area contributed by atoms with Gasteiger partial charge in [0, 0.05) is 23.5 Å². The molecule has 0 spiro atoms. The van der Waals surface area contributed by atoms with E-state index in [0.717, 1.165) is 16.5 Å². The van der Waals surface area contributed by atoms with Gasteiger partial charge in [-0.3, -0.25) is 9.59 Å². The Morgan fingerprint density at radius 3 is 2.58 bits per heavy atom. The van der Waals surface area contributed by atoms with Gasteiger partial charge in [0.15, 0.2) is 0 Å². The Morgan fingerprint density at radius 1 is 1.23 bits per heavy atom. The normalized spacial score (nSPS) is 13.4. The summed E-state index contributed by atoms with van der Waals surface area (Å²) >= 11 is 0. The summed E-state index contributed by atoms with van der Waals surface area (Å²) in [5, 5.41) is 15.2. The van der Waals surface area contributed by atoms with Crippen LogP contribution in [0.1, 0.15) is 19.4 Å². The van der Waals surface area contributed by atoms with E-state index in [0.29, 0.717) is 0 Å². The molecule has 0 bridgehead atoms. The van der Waals surface area contributed by atoms with E-state index in [1.165, 1.54) is 0 Å². The number of para-hydroxylation sites is 1. The van der Waals surface area contributed by atoms with Gasteiger partial charge in [-0.15, -0.1) is 0 Å². The summed E-state index contributed by atoms with van der Waals surface area (Å²) in [6, 6.07) is 5.70. The van der Waals surface area contributed by atoms with Gasteiger partial charge >= 0.3 is 5.97 Å². The molecule has 140 valence electrons. The van der Waals surface area contributed by atoms with Crippen molar-refractivity contribution in [3.63, 3.8) is 0 Å². The molecule has 0 saturated carbocycles. The zero-order chi connectivity index (χ0) is 19.3. The van der Waals surface area contributed by atoms with Gasteiger partial charge in [-0.2, -0.15) is 0 Å². The average molecular weight is 360 g/mol. The predicted octanol–water partition coefficient (Wildman–Crippen LogP) is 0.379. The van der Waals surface area contributed by atoms with Crippen molar-refractivity contribution < 1.29 is 19.5 Å². The van der Waals surface area contributed by atoms with E-state index in [1.807, 2.05) is 24.3 Å². The number of aromatic amines is 1. The number of nitrogens with one attached hydrogen (secondary N) is 3. The molecule has 0 saturated heterocycles. The summed E-state index contributed by atoms with van der Waals surface area (Å²) in [6.07, 6.45) is 1.86. The largest absolute Gasteiger partial charge is 0.480 e. The maximum absolute atomic E-state index is 12.0. The van der Waals surface area contributed by atoms with E-state index in [-0.39, 0.29) is 18.9 Å². The molecule has 1 aromatic carbocycles. The number of rotatable bonds is 8. The van der Waals surface area contributed by atoms with Crippen LogP contribution in [0.5, 0.6) is 0 Å². The van der Waals surface area contributed by atoms with Gasteiger partial charge in [-0.25, -0.2) is 4.79 Å². The highest BCUT2D eigenvalue weighted by Gasteiger charge is 2.23. The smallest absolute Gasteiger partial charge is 0.326 e. The molecule has 0 aliphatic heterocycles. The van der Waals surface area contributed by atoms with Gasteiger partial charge in [0.05, 0.1) is 12.6 Å². The summed E-state index contributed by atoms with van der Waals surface area (Å²) in [6.45, 7) is 3.27. The first kappa shape index (κ1) is 19.5. The molecular formula is C18H24N4O4. The van der Waals surface area contributed by atoms with Crippen LogP contribution in [-0.4, -0.2) is 46.5 Å². The van der Waals surface area contributed by atoms with E-state index in [4.69, 9.17) is 5.73 Å². The molecule has 6 N–H and O–H groups in total. The Morgan fingerprint density at radius 2 is 1.92 bits per heavy atom. The van der Waals surface area contributed by atoms with Crippen molar-refractivity contribution in [1.82, 2.24) is 15.6 Å². The lowest BCUT2D eigenvalue weighted by Crippen LogP contribution is -2.50. The third-order valence-corrected chi connectivity index (χ3v) is 4.18. The third kappa shape index (κ3) is 4.82. The Bertz CT molecular complexity index is 799. The van der Waals surface area contributed by atoms with Gasteiger partial charge in [0.25, 0.3) is 0 Å². The summed E-state index contributed by atoms with van der Waals surface area (Å²) in [5.74, 6) is -2.24. The Labute approximate surface area is 151 Å². The fourth-order valence-electron chi connectivity index (χ4n) is 2.55. The second-order valence-electron chi connectivity index (χ2n) is 6.51. The van der Waals surface area contributed by atoms with Gasteiger partial charge < -0.3 is 26.5 Å². The fourth-order valence-corrected chi connectivity index (χ4v) is 2.55. The van der Waals surface area contributed by atoms with Crippen LogP contribution >= 0.6 is 0 Å². The van der Waals surface area contributed by atoms with Crippen LogP contribution in [0.15, 0.2) is 30.5 Å². The lowest BCUT2D eigenvalue weighted by molar-refractivity contribution is -0.141. The zero-order valence-electron chi connectivity index (χ0n) is 14.8. The molecule has 0 aliphatic rings. The highest BCUT2D eigenvalue weighted by atomic mass is 16.4. The number of nitrogens with two attached hydrogens (primary N) is 1. The van der Waals surface area contributed by atoms with Crippen LogP contribution in [0.2, 0.25) is 0 Å². The number of hydrogen-bond acceptors (Lipinski definition) is 4. The third-order valence-electron chi connectivity index (χ3n) is 4.18. The van der Waals surface area contributed by atoms with Crippen molar-refractivity contribution in [3.05, 3.63) is 36.0 Å². The average Bonchev–Trinajstić information content (AvgIpc) is 3.01. The van der Waals surface area contributed by atoms with Gasteiger partial charge in [0.1, 0.15) is 6.04 Å². The van der Waals surface area contributed by atoms with Crippen molar-refractivity contribution in [2.75, 3.05) is 6.54 Å². The van der Waals surface area contributed by atoms with Crippen molar-refractivity contribution in [2.45, 2.75) is 32.4 Å². The summed E-state index contributed by atoms with van der Waals surface area (Å²) in [4.78, 5) is 38.4. The molecule has 26 heavy (non-hydrogen) atoms. The quantitative estimate of drug-likeness (QED) is 0.463. The van der Waals surface area contributed by atoms with E-state index in [9.17, 15) is 19.5 Å². The highest BCUT2D eigenvalue weighted by Crippen LogP contribution is 2.19. The monoisotopic (exact) mass is 360 g/mol. The Hall–Kier alpha value is -2.87. The topological polar surface area (TPSA) is 137 Å². The van der Waals surface area contributed by atoms with Crippen molar-refractivity contribution >= 4 is 28.7 Å². The lowest BCUT2D eigenvalue weighted by Gasteiger charge is -2.17. The number of aromatic nitrogens is 1. The molecule has 0 radical (unpaired) electrons. The number of carbonyl (C=O) groups excluding carboxylic acids is 2. The van der Waals surface area contributed by atoms with Crippen LogP contribution < -0.4 is 16.4 Å². The first-order valence-corrected chi connectivity index (χ1v) is 8.40. The van der Waals surface area contributed by atoms with Gasteiger partial charge in [-0.1, -0.05) is 32.0 Å². The highest BCUT2D eigenvalue weighted by molar-refractivity contribution is 5.90. The van der Waals surface area contributed by atoms with Crippen LogP contribution in [0.25, 0.3) is 10.9 Å². The minimum Gasteiger partial charge on any atom is -0.480 e. The van der Waals surface area contributed by atoms with Crippen LogP contribution in [0, 0.1) is 5.92 Å². The van der Waals surface area contributed by atoms with Gasteiger partial charge in [-0.05, 0) is 17.5 Å². The standard InChI is InChI=1S/C18H24N4O4/c1-10(2)16(19)17(24)21-9-15(23)22-14(18(25)26)7-11-8-20-13-6-4-3-5-12(11)13/h3-6,8,10,14,16,20H,7,9,19H2,1-2H3,(H,21,24)(H,22,23)(H,25,26)/t14-,16-/m0/s1. The number of amides is 2. The molecule has 8 heteroatoms. The molecule has 2 rings (SSSR count). The van der Waals surface area contributed by atoms with E-state index >= 15 is 0 Å². The lowest BCUT2D eigenvalue weighted by atomic mass is 10.0. The van der Waals surface area contributed by atoms with Crippen molar-refractivity contribution in [3.8, 4) is 0 Å². The molecule has 0 aliphatic carbocycles. The molecular weight excluding hydrogens is 336 g/mol. The second kappa shape index (κ2) is 8.48. The number of aliphatic carboxylic acids is 1. The van der Waals surface area contributed by atoms with E-state index < -0.39 is 29.9 Å². The molecule has 0 unspecified atom stereocenters.